The summed E-state index contributed by atoms with van der Waals surface area (Å²) in [5.41, 5.74) is 6.51. The van der Waals surface area contributed by atoms with Crippen LogP contribution in [0.3, 0.4) is 0 Å². The van der Waals surface area contributed by atoms with E-state index in [1.807, 2.05) is 37.1 Å². The molecule has 1 aromatic carbocycles. The highest BCUT2D eigenvalue weighted by Crippen LogP contribution is 2.63. The molecule has 2 heterocycles. The highest BCUT2D eigenvalue weighted by molar-refractivity contribution is 8.09. The first-order chi connectivity index (χ1) is 11.0. The lowest BCUT2D eigenvalue weighted by Crippen LogP contribution is -2.19. The van der Waals surface area contributed by atoms with Gasteiger partial charge in [0.05, 0.1) is 21.8 Å². The molecule has 2 aromatic rings. The Morgan fingerprint density at radius 3 is 2.78 bits per heavy atom. The number of anilines is 1. The van der Waals surface area contributed by atoms with Gasteiger partial charge in [-0.3, -0.25) is 4.98 Å². The van der Waals surface area contributed by atoms with Crippen LogP contribution in [0, 0.1) is 0 Å². The second-order valence-corrected chi connectivity index (χ2v) is 8.73. The first-order valence-corrected chi connectivity index (χ1v) is 9.12. The van der Waals surface area contributed by atoms with Crippen LogP contribution in [0.15, 0.2) is 30.5 Å². The summed E-state index contributed by atoms with van der Waals surface area (Å²) in [5.74, 6) is 0. The first-order valence-electron chi connectivity index (χ1n) is 7.49. The van der Waals surface area contributed by atoms with Gasteiger partial charge < -0.3 is 5.32 Å². The molecule has 0 fully saturated rings. The van der Waals surface area contributed by atoms with Crippen LogP contribution < -0.4 is 5.32 Å². The van der Waals surface area contributed by atoms with Crippen molar-refractivity contribution in [3.8, 4) is 0 Å². The predicted molar refractivity (Wildman–Crippen MR) is 101 cm³/mol. The highest BCUT2D eigenvalue weighted by atomic mass is 35.5. The number of benzene rings is 1. The van der Waals surface area contributed by atoms with E-state index < -0.39 is 0 Å². The molecule has 0 radical (unpaired) electrons. The Bertz CT molecular complexity index is 858. The van der Waals surface area contributed by atoms with Crippen LogP contribution in [0.1, 0.15) is 41.6 Å². The van der Waals surface area contributed by atoms with Crippen molar-refractivity contribution in [2.45, 2.75) is 24.0 Å². The lowest BCUT2D eigenvalue weighted by molar-refractivity contribution is 0.773. The van der Waals surface area contributed by atoms with E-state index in [2.05, 4.69) is 36.3 Å². The summed E-state index contributed by atoms with van der Waals surface area (Å²) in [5, 5.41) is 3.67. The molecule has 1 aliphatic carbocycles. The highest BCUT2D eigenvalue weighted by Gasteiger charge is 2.43. The molecule has 2 aliphatic rings. The van der Waals surface area contributed by atoms with E-state index in [0.29, 0.717) is 5.02 Å². The second-order valence-electron chi connectivity index (χ2n) is 6.25. The number of pyridine rings is 1. The van der Waals surface area contributed by atoms with Gasteiger partial charge >= 0.3 is 0 Å². The molecule has 1 N–H and O–H groups in total. The van der Waals surface area contributed by atoms with Crippen LogP contribution in [-0.2, 0) is 4.75 Å². The zero-order valence-corrected chi connectivity index (χ0v) is 15.4. The molecule has 0 saturated carbocycles. The summed E-state index contributed by atoms with van der Waals surface area (Å²) in [4.78, 5) is 5.89. The number of alkyl halides is 1. The van der Waals surface area contributed by atoms with Crippen molar-refractivity contribution in [1.82, 2.24) is 4.98 Å². The molecule has 2 nitrogen and oxygen atoms in total. The molecule has 1 unspecified atom stereocenters. The van der Waals surface area contributed by atoms with E-state index in [9.17, 15) is 0 Å². The summed E-state index contributed by atoms with van der Waals surface area (Å²) in [6.45, 7) is 4.47. The Morgan fingerprint density at radius 2 is 2.04 bits per heavy atom. The fourth-order valence-electron chi connectivity index (χ4n) is 3.47. The fourth-order valence-corrected chi connectivity index (χ4v) is 5.63. The molecular formula is C18H16Cl2N2S. The lowest BCUT2D eigenvalue weighted by Gasteiger charge is -2.32. The van der Waals surface area contributed by atoms with Gasteiger partial charge in [0.2, 0.25) is 0 Å². The molecule has 0 spiro atoms. The number of hydrogen-bond donors (Lipinski definition) is 1. The largest absolute Gasteiger partial charge is 0.387 e. The number of nitrogens with one attached hydrogen (secondary N) is 1. The van der Waals surface area contributed by atoms with Gasteiger partial charge in [0.15, 0.2) is 0 Å². The van der Waals surface area contributed by atoms with Crippen molar-refractivity contribution in [2.75, 3.05) is 12.4 Å². The molecule has 0 saturated heterocycles. The minimum atomic E-state index is -0.238. The second kappa shape index (κ2) is 5.17. The van der Waals surface area contributed by atoms with Crippen LogP contribution in [0.4, 0.5) is 5.69 Å². The standard InChI is InChI=1S/C18H16Cl2N2S/c1-18(2)10-5-4-8-22-15(10)13-14(20)12-9(17(13)23-18)6-7-11(19)16(12)21-3/h4-8,14,21H,1-3H3. The van der Waals surface area contributed by atoms with Crippen LogP contribution in [-0.4, -0.2) is 12.0 Å². The fraction of sp³-hybridized carbons (Fsp3) is 0.278. The Labute approximate surface area is 150 Å². The van der Waals surface area contributed by atoms with E-state index in [0.717, 1.165) is 22.5 Å². The van der Waals surface area contributed by atoms with Gasteiger partial charge in [-0.25, -0.2) is 0 Å². The molecule has 4 rings (SSSR count). The quantitative estimate of drug-likeness (QED) is 0.637. The van der Waals surface area contributed by atoms with Gasteiger partial charge in [-0.2, -0.15) is 0 Å². The van der Waals surface area contributed by atoms with Gasteiger partial charge in [-0.1, -0.05) is 23.7 Å². The van der Waals surface area contributed by atoms with Gasteiger partial charge in [0.1, 0.15) is 0 Å². The molecule has 118 valence electrons. The van der Waals surface area contributed by atoms with Crippen LogP contribution in [0.2, 0.25) is 5.02 Å². The van der Waals surface area contributed by atoms with Gasteiger partial charge in [-0.15, -0.1) is 23.4 Å². The summed E-state index contributed by atoms with van der Waals surface area (Å²) < 4.78 is -0.0416. The topological polar surface area (TPSA) is 24.9 Å². The Balaban J connectivity index is 2.02. The van der Waals surface area contributed by atoms with Crippen molar-refractivity contribution in [3.05, 3.63) is 57.9 Å². The Hall–Kier alpha value is -1.16. The number of hydrogen-bond acceptors (Lipinski definition) is 3. The molecule has 5 heteroatoms. The maximum Gasteiger partial charge on any atom is 0.0894 e. The molecule has 1 aliphatic heterocycles. The average Bonchev–Trinajstić information content (AvgIpc) is 2.80. The number of allylic oxidation sites excluding steroid dienone is 1. The Kier molecular flexibility index (Phi) is 3.45. The molecule has 23 heavy (non-hydrogen) atoms. The summed E-state index contributed by atoms with van der Waals surface area (Å²) >= 11 is 15.1. The normalized spacial score (nSPS) is 20.8. The maximum absolute atomic E-state index is 6.88. The maximum atomic E-state index is 6.88. The Morgan fingerprint density at radius 1 is 1.26 bits per heavy atom. The van der Waals surface area contributed by atoms with Crippen LogP contribution >= 0.6 is 35.0 Å². The third-order valence-electron chi connectivity index (χ3n) is 4.51. The van der Waals surface area contributed by atoms with Crippen molar-refractivity contribution in [2.24, 2.45) is 0 Å². The number of nitrogens with zero attached hydrogens (tertiary/aromatic N) is 1. The van der Waals surface area contributed by atoms with E-state index >= 15 is 0 Å². The van der Waals surface area contributed by atoms with Crippen LogP contribution in [0.25, 0.3) is 10.5 Å². The van der Waals surface area contributed by atoms with Gasteiger partial charge in [0.25, 0.3) is 0 Å². The van der Waals surface area contributed by atoms with Crippen molar-refractivity contribution in [3.63, 3.8) is 0 Å². The van der Waals surface area contributed by atoms with E-state index in [-0.39, 0.29) is 10.1 Å². The summed E-state index contributed by atoms with van der Waals surface area (Å²) in [6, 6.07) is 8.16. The number of thioether (sulfide) groups is 1. The molecular weight excluding hydrogens is 347 g/mol. The average molecular weight is 363 g/mol. The van der Waals surface area contributed by atoms with Gasteiger partial charge in [0, 0.05) is 34.0 Å². The monoisotopic (exact) mass is 362 g/mol. The molecule has 1 atom stereocenters. The van der Waals surface area contributed by atoms with Gasteiger partial charge in [-0.05, 0) is 37.1 Å². The lowest BCUT2D eigenvalue weighted by atomic mass is 9.94. The van der Waals surface area contributed by atoms with E-state index in [4.69, 9.17) is 23.2 Å². The molecule has 0 bridgehead atoms. The SMILES string of the molecule is CNc1c(Cl)ccc2c1C(Cl)C1=C2SC(C)(C)c2cccnc21. The number of halogens is 2. The number of aromatic nitrogens is 1. The molecule has 1 aromatic heterocycles. The van der Waals surface area contributed by atoms with Crippen molar-refractivity contribution >= 4 is 51.1 Å². The number of fused-ring (bicyclic) bond motifs is 4. The third-order valence-corrected chi connectivity index (χ3v) is 6.64. The summed E-state index contributed by atoms with van der Waals surface area (Å²) in [7, 11) is 1.88. The van der Waals surface area contributed by atoms with E-state index in [1.54, 1.807) is 0 Å². The minimum absolute atomic E-state index is 0.0416. The first kappa shape index (κ1) is 15.4. The minimum Gasteiger partial charge on any atom is -0.387 e. The summed E-state index contributed by atoms with van der Waals surface area (Å²) in [6.07, 6.45) is 1.84. The number of rotatable bonds is 1. The van der Waals surface area contributed by atoms with E-state index in [1.165, 1.54) is 16.0 Å². The van der Waals surface area contributed by atoms with Crippen LogP contribution in [0.5, 0.6) is 0 Å². The third kappa shape index (κ3) is 2.07. The predicted octanol–water partition coefficient (Wildman–Crippen LogP) is 5.92. The van der Waals surface area contributed by atoms with Crippen molar-refractivity contribution in [1.29, 1.82) is 0 Å². The zero-order chi connectivity index (χ0) is 16.4. The zero-order valence-electron chi connectivity index (χ0n) is 13.1. The smallest absolute Gasteiger partial charge is 0.0894 e. The molecule has 0 amide bonds. The van der Waals surface area contributed by atoms with Crippen molar-refractivity contribution < 1.29 is 0 Å².